The van der Waals surface area contributed by atoms with Crippen molar-refractivity contribution in [1.29, 1.82) is 0 Å². The van der Waals surface area contributed by atoms with E-state index in [-0.39, 0.29) is 64.9 Å². The fourth-order valence-electron chi connectivity index (χ4n) is 14.3. The molecular formula is C45H68N2O10S2. The van der Waals surface area contributed by atoms with E-state index in [1.165, 1.54) is 23.6 Å². The minimum Gasteiger partial charge on any atom is -0.511 e. The summed E-state index contributed by atoms with van der Waals surface area (Å²) in [6, 6.07) is 0. The second kappa shape index (κ2) is 17.2. The largest absolute Gasteiger partial charge is 0.511 e. The van der Waals surface area contributed by atoms with Crippen LogP contribution in [-0.4, -0.2) is 116 Å². The van der Waals surface area contributed by atoms with E-state index in [0.29, 0.717) is 37.5 Å². The molecule has 3 spiro atoms. The molecule has 8 fully saturated rings. The van der Waals surface area contributed by atoms with Crippen molar-refractivity contribution in [2.75, 3.05) is 31.4 Å². The topological polar surface area (TPSA) is 198 Å². The Morgan fingerprint density at radius 3 is 2.42 bits per heavy atom. The van der Waals surface area contributed by atoms with Crippen LogP contribution in [0.3, 0.4) is 0 Å². The zero-order chi connectivity index (χ0) is 41.2. The lowest BCUT2D eigenvalue weighted by molar-refractivity contribution is -0.350. The van der Waals surface area contributed by atoms with Crippen LogP contribution < -0.4 is 10.6 Å². The number of nitrogens with one attached hydrogen (secondary N) is 2. The van der Waals surface area contributed by atoms with Crippen molar-refractivity contribution in [3.8, 4) is 0 Å². The molecule has 0 aromatic heterocycles. The number of allylic oxidation sites excluding steroid dienone is 4. The molecule has 330 valence electrons. The number of rotatable bonds is 4. The molecule has 12 nitrogen and oxygen atoms in total. The van der Waals surface area contributed by atoms with Crippen LogP contribution in [-0.2, 0) is 19.1 Å². The zero-order valence-corrected chi connectivity index (χ0v) is 36.1. The van der Waals surface area contributed by atoms with Crippen LogP contribution in [0.2, 0.25) is 0 Å². The predicted molar refractivity (Wildman–Crippen MR) is 225 cm³/mol. The quantitative estimate of drug-likeness (QED) is 0.182. The number of aliphatic hydroxyl groups is 6. The molecule has 15 atom stereocenters. The Kier molecular flexibility index (Phi) is 12.6. The summed E-state index contributed by atoms with van der Waals surface area (Å²) < 4.78 is 12.8. The normalized spacial score (nSPS) is 47.9. The number of piperidine rings is 1. The summed E-state index contributed by atoms with van der Waals surface area (Å²) in [5, 5.41) is 77.0. The van der Waals surface area contributed by atoms with Crippen molar-refractivity contribution in [2.24, 2.45) is 51.8 Å². The number of aliphatic hydroxyl groups excluding tert-OH is 5. The van der Waals surface area contributed by atoms with E-state index in [0.717, 1.165) is 82.7 Å². The monoisotopic (exact) mass is 860 g/mol. The van der Waals surface area contributed by atoms with Gasteiger partial charge in [0, 0.05) is 18.3 Å². The highest BCUT2D eigenvalue weighted by atomic mass is 33.1. The average molecular weight is 861 g/mol. The van der Waals surface area contributed by atoms with E-state index in [1.807, 2.05) is 6.08 Å². The van der Waals surface area contributed by atoms with Gasteiger partial charge in [0.2, 0.25) is 0 Å². The summed E-state index contributed by atoms with van der Waals surface area (Å²) in [6.45, 7) is 0.343. The van der Waals surface area contributed by atoms with Gasteiger partial charge in [0.15, 0.2) is 12.1 Å². The second-order valence-corrected chi connectivity index (χ2v) is 23.0. The first-order valence-corrected chi connectivity index (χ1v) is 25.5. The molecule has 6 bridgehead atoms. The van der Waals surface area contributed by atoms with Gasteiger partial charge in [-0.15, -0.1) is 0 Å². The first kappa shape index (κ1) is 43.2. The Morgan fingerprint density at radius 2 is 1.63 bits per heavy atom. The summed E-state index contributed by atoms with van der Waals surface area (Å²) in [7, 11) is 3.09. The number of ketones is 2. The van der Waals surface area contributed by atoms with Crippen LogP contribution >= 0.6 is 21.6 Å². The van der Waals surface area contributed by atoms with Gasteiger partial charge in [0.1, 0.15) is 40.9 Å². The number of fused-ring (bicyclic) bond motifs is 5. The molecule has 0 aromatic carbocycles. The zero-order valence-electron chi connectivity index (χ0n) is 34.5. The van der Waals surface area contributed by atoms with E-state index in [2.05, 4.69) is 10.6 Å². The minimum atomic E-state index is -2.07. The highest BCUT2D eigenvalue weighted by Crippen LogP contribution is 2.65. The van der Waals surface area contributed by atoms with Crippen LogP contribution in [0.15, 0.2) is 23.5 Å². The molecule has 9 aliphatic rings. The standard InChI is InChI=1S/C45H68N2O10S2/c48-20-27-6-3-5-26(15-27)16-28-17-31-37(51)30-7-4-8-32-36(30)39(53)44(31,34(50)18-28)24-58-59-25-47-35-19-29(9-14-46-35)43(13-12-42(22-43)10-1-2-11-42)23-45(55)38(52)33(21-49)57-41(56-32)40(45)54/h17-18,26-27,29-33,35-36,38,40-41,46-50,52,54-55H,1-16,19-25H2. The summed E-state index contributed by atoms with van der Waals surface area (Å²) in [4.78, 5) is 30.3. The Labute approximate surface area is 356 Å². The van der Waals surface area contributed by atoms with Gasteiger partial charge < -0.3 is 45.4 Å². The molecule has 0 aromatic rings. The van der Waals surface area contributed by atoms with Gasteiger partial charge in [-0.1, -0.05) is 59.8 Å². The van der Waals surface area contributed by atoms with Gasteiger partial charge in [-0.2, -0.15) is 0 Å². The van der Waals surface area contributed by atoms with Gasteiger partial charge in [-0.25, -0.2) is 0 Å². The van der Waals surface area contributed by atoms with Crippen molar-refractivity contribution in [2.45, 2.75) is 158 Å². The van der Waals surface area contributed by atoms with Gasteiger partial charge in [-0.3, -0.25) is 14.9 Å². The molecule has 3 aliphatic heterocycles. The molecule has 5 saturated carbocycles. The fraction of sp³-hybridized carbons (Fsp3) is 0.867. The van der Waals surface area contributed by atoms with E-state index in [9.17, 15) is 35.4 Å². The van der Waals surface area contributed by atoms with Crippen molar-refractivity contribution in [3.63, 3.8) is 0 Å². The van der Waals surface area contributed by atoms with Crippen LogP contribution in [0.4, 0.5) is 0 Å². The molecule has 9 rings (SSSR count). The van der Waals surface area contributed by atoms with Crippen molar-refractivity contribution >= 4 is 33.2 Å². The maximum absolute atomic E-state index is 15.4. The third-order valence-electron chi connectivity index (χ3n) is 17.3. The molecule has 8 N–H and O–H groups in total. The molecule has 0 radical (unpaired) electrons. The number of carbonyl (C=O) groups excluding carboxylic acids is 2. The molecule has 3 heterocycles. The van der Waals surface area contributed by atoms with Crippen LogP contribution in [0.25, 0.3) is 0 Å². The lowest BCUT2D eigenvalue weighted by Gasteiger charge is -2.55. The summed E-state index contributed by atoms with van der Waals surface area (Å²) in [5.74, 6) is -1.26. The van der Waals surface area contributed by atoms with Crippen molar-refractivity contribution in [1.82, 2.24) is 10.6 Å². The smallest absolute Gasteiger partial charge is 0.187 e. The molecule has 59 heavy (non-hydrogen) atoms. The van der Waals surface area contributed by atoms with Gasteiger partial charge in [0.05, 0.1) is 36.6 Å². The maximum atomic E-state index is 15.4. The molecular weight excluding hydrogens is 793 g/mol. The van der Waals surface area contributed by atoms with Crippen LogP contribution in [0, 0.1) is 51.8 Å². The Morgan fingerprint density at radius 1 is 0.831 bits per heavy atom. The van der Waals surface area contributed by atoms with E-state index in [1.54, 1.807) is 16.9 Å². The summed E-state index contributed by atoms with van der Waals surface area (Å²) in [5.41, 5.74) is -2.88. The van der Waals surface area contributed by atoms with E-state index < -0.39 is 66.1 Å². The molecule has 0 amide bonds. The molecule has 6 aliphatic carbocycles. The third kappa shape index (κ3) is 7.65. The predicted octanol–water partition coefficient (Wildman–Crippen LogP) is 4.67. The van der Waals surface area contributed by atoms with E-state index >= 15 is 4.79 Å². The maximum Gasteiger partial charge on any atom is 0.187 e. The molecule has 15 unspecified atom stereocenters. The Bertz CT molecular complexity index is 1640. The lowest BCUT2D eigenvalue weighted by atomic mass is 9.52. The van der Waals surface area contributed by atoms with Crippen LogP contribution in [0.5, 0.6) is 0 Å². The first-order valence-electron chi connectivity index (χ1n) is 23.0. The average Bonchev–Trinajstić information content (AvgIpc) is 3.86. The third-order valence-corrected chi connectivity index (χ3v) is 19.5. The second-order valence-electron chi connectivity index (χ2n) is 20.5. The number of hydrogen-bond acceptors (Lipinski definition) is 14. The fourth-order valence-corrected chi connectivity index (χ4v) is 16.6. The number of ether oxygens (including phenoxy) is 2. The summed E-state index contributed by atoms with van der Waals surface area (Å²) >= 11 is 0. The van der Waals surface area contributed by atoms with Gasteiger partial charge in [0.25, 0.3) is 0 Å². The van der Waals surface area contributed by atoms with Crippen molar-refractivity contribution < 1.29 is 49.7 Å². The Balaban J connectivity index is 1.06. The molecule has 3 saturated heterocycles. The highest BCUT2D eigenvalue weighted by molar-refractivity contribution is 8.76. The SMILES string of the molecule is O=C1C2CCCC3OC4OC(CO)C(O)C(O)(CC5(CCC6(CCCC6)C5)C5CCNC(C5)NCSSCC5(C(=O)C32)C(O)=CC(CC2CCCC(CO)C2)=CC15)C4O. The van der Waals surface area contributed by atoms with E-state index in [4.69, 9.17) is 9.47 Å². The van der Waals surface area contributed by atoms with Gasteiger partial charge in [-0.05, 0) is 130 Å². The van der Waals surface area contributed by atoms with Crippen LogP contribution in [0.1, 0.15) is 116 Å². The van der Waals surface area contributed by atoms with Gasteiger partial charge >= 0.3 is 0 Å². The first-order chi connectivity index (χ1) is 28.4. The summed E-state index contributed by atoms with van der Waals surface area (Å²) in [6.07, 6.45) is 12.4. The lowest BCUT2D eigenvalue weighted by Crippen LogP contribution is -2.70. The molecule has 14 heteroatoms. The number of Topliss-reactive ketones (excluding diaryl/α,β-unsaturated/α-hetero) is 2. The minimum absolute atomic E-state index is 0.00978. The highest BCUT2D eigenvalue weighted by Gasteiger charge is 2.66. The number of carbonyl (C=O) groups is 2. The Hall–Kier alpha value is -1.04. The van der Waals surface area contributed by atoms with Crippen molar-refractivity contribution in [3.05, 3.63) is 23.5 Å². The number of hydrogen-bond donors (Lipinski definition) is 8.